The summed E-state index contributed by atoms with van der Waals surface area (Å²) < 4.78 is 0. The van der Waals surface area contributed by atoms with Crippen molar-refractivity contribution in [2.45, 2.75) is 44.1 Å². The second-order valence-corrected chi connectivity index (χ2v) is 6.12. The zero-order chi connectivity index (χ0) is 15.8. The van der Waals surface area contributed by atoms with Gasteiger partial charge in [0.15, 0.2) is 0 Å². The van der Waals surface area contributed by atoms with Crippen molar-refractivity contribution in [3.63, 3.8) is 0 Å². The maximum atomic E-state index is 4.02. The summed E-state index contributed by atoms with van der Waals surface area (Å²) in [5.74, 6) is 0. The first-order valence-corrected chi connectivity index (χ1v) is 7.96. The van der Waals surface area contributed by atoms with Gasteiger partial charge in [0.05, 0.1) is 0 Å². The largest absolute Gasteiger partial charge is 0.293 e. The van der Waals surface area contributed by atoms with Crippen LogP contribution in [0.3, 0.4) is 0 Å². The maximum absolute atomic E-state index is 4.02. The van der Waals surface area contributed by atoms with Gasteiger partial charge in [-0.2, -0.15) is 0 Å². The molecule has 1 heterocycles. The second-order valence-electron chi connectivity index (χ2n) is 6.12. The van der Waals surface area contributed by atoms with Crippen molar-refractivity contribution in [2.75, 3.05) is 13.1 Å². The van der Waals surface area contributed by atoms with Crippen molar-refractivity contribution in [2.24, 2.45) is 5.41 Å². The van der Waals surface area contributed by atoms with Gasteiger partial charge in [0.1, 0.15) is 0 Å². The Morgan fingerprint density at radius 2 is 1.29 bits per heavy atom. The summed E-state index contributed by atoms with van der Waals surface area (Å²) in [5.41, 5.74) is 0.214. The van der Waals surface area contributed by atoms with Gasteiger partial charge in [-0.3, -0.25) is 4.90 Å². The van der Waals surface area contributed by atoms with Crippen LogP contribution in [-0.2, 0) is 0 Å². The normalized spacial score (nSPS) is 20.4. The van der Waals surface area contributed by atoms with E-state index in [2.05, 4.69) is 62.1 Å². The first-order valence-electron chi connectivity index (χ1n) is 7.96. The highest BCUT2D eigenvalue weighted by Gasteiger charge is 2.53. The number of allylic oxidation sites excluding steroid dienone is 2. The summed E-state index contributed by atoms with van der Waals surface area (Å²) in [6.07, 6.45) is 16.7. The molecule has 0 radical (unpaired) electrons. The lowest BCUT2D eigenvalue weighted by Gasteiger charge is -2.59. The molecule has 1 rings (SSSR count). The van der Waals surface area contributed by atoms with Crippen LogP contribution in [-0.4, -0.2) is 23.5 Å². The molecule has 1 fully saturated rings. The molecule has 0 unspecified atom stereocenters. The zero-order valence-corrected chi connectivity index (χ0v) is 13.5. The lowest BCUT2D eigenvalue weighted by atomic mass is 9.57. The SMILES string of the molecule is C=CCN1CCCC(CC=C)(CC=C)C1(CC=C)CC=C. The molecule has 0 N–H and O–H groups in total. The van der Waals surface area contributed by atoms with Crippen LogP contribution in [0.25, 0.3) is 0 Å². The molecule has 1 heteroatoms. The minimum atomic E-state index is 0.0469. The fourth-order valence-corrected chi connectivity index (χ4v) is 4.28. The summed E-state index contributed by atoms with van der Waals surface area (Å²) in [6, 6.07) is 0. The monoisotopic (exact) mass is 285 g/mol. The minimum absolute atomic E-state index is 0.0469. The highest BCUT2D eigenvalue weighted by molar-refractivity contribution is 5.16. The van der Waals surface area contributed by atoms with Crippen LogP contribution in [0.2, 0.25) is 0 Å². The molecule has 116 valence electrons. The number of rotatable bonds is 10. The molecule has 1 aliphatic rings. The summed E-state index contributed by atoms with van der Waals surface area (Å²) in [7, 11) is 0. The molecule has 0 amide bonds. The van der Waals surface area contributed by atoms with Crippen molar-refractivity contribution in [3.05, 3.63) is 63.3 Å². The molecule has 0 bridgehead atoms. The Balaban J connectivity index is 3.40. The smallest absolute Gasteiger partial charge is 0.0343 e. The minimum Gasteiger partial charge on any atom is -0.293 e. The second kappa shape index (κ2) is 8.19. The van der Waals surface area contributed by atoms with E-state index < -0.39 is 0 Å². The first kappa shape index (κ1) is 17.7. The van der Waals surface area contributed by atoms with Crippen molar-refractivity contribution >= 4 is 0 Å². The summed E-state index contributed by atoms with van der Waals surface area (Å²) >= 11 is 0. The standard InChI is InChI=1S/C20H31N/c1-6-12-19(13-7-2)16-11-18-21(17-10-5)20(19,14-8-3)15-9-4/h6-10H,1-5,11-18H2. The average Bonchev–Trinajstić information content (AvgIpc) is 2.45. The number of hydrogen-bond donors (Lipinski definition) is 0. The average molecular weight is 285 g/mol. The molecule has 21 heavy (non-hydrogen) atoms. The van der Waals surface area contributed by atoms with Crippen LogP contribution in [0.5, 0.6) is 0 Å². The van der Waals surface area contributed by atoms with Gasteiger partial charge in [-0.15, -0.1) is 32.9 Å². The van der Waals surface area contributed by atoms with Gasteiger partial charge in [0.25, 0.3) is 0 Å². The summed E-state index contributed by atoms with van der Waals surface area (Å²) in [4.78, 5) is 2.58. The van der Waals surface area contributed by atoms with Crippen LogP contribution >= 0.6 is 0 Å². The molecule has 1 aliphatic heterocycles. The summed E-state index contributed by atoms with van der Waals surface area (Å²) in [6.45, 7) is 22.1. The topological polar surface area (TPSA) is 3.24 Å². The van der Waals surface area contributed by atoms with E-state index in [1.807, 2.05) is 6.08 Å². The van der Waals surface area contributed by atoms with Gasteiger partial charge in [0.2, 0.25) is 0 Å². The molecule has 0 aromatic carbocycles. The van der Waals surface area contributed by atoms with E-state index in [1.165, 1.54) is 12.8 Å². The Morgan fingerprint density at radius 3 is 1.71 bits per heavy atom. The van der Waals surface area contributed by atoms with Crippen molar-refractivity contribution < 1.29 is 0 Å². The highest BCUT2D eigenvalue weighted by Crippen LogP contribution is 2.53. The van der Waals surface area contributed by atoms with Gasteiger partial charge in [0, 0.05) is 12.1 Å². The van der Waals surface area contributed by atoms with Crippen LogP contribution < -0.4 is 0 Å². The number of hydrogen-bond acceptors (Lipinski definition) is 1. The van der Waals surface area contributed by atoms with Crippen molar-refractivity contribution in [1.29, 1.82) is 0 Å². The Morgan fingerprint density at radius 1 is 0.762 bits per heavy atom. The third-order valence-electron chi connectivity index (χ3n) is 5.06. The van der Waals surface area contributed by atoms with Crippen LogP contribution in [0.1, 0.15) is 38.5 Å². The molecular weight excluding hydrogens is 254 g/mol. The van der Waals surface area contributed by atoms with E-state index in [1.54, 1.807) is 0 Å². The zero-order valence-electron chi connectivity index (χ0n) is 13.5. The van der Waals surface area contributed by atoms with Gasteiger partial charge < -0.3 is 0 Å². The fourth-order valence-electron chi connectivity index (χ4n) is 4.28. The molecule has 0 aromatic heterocycles. The number of likely N-dealkylation sites (tertiary alicyclic amines) is 1. The van der Waals surface area contributed by atoms with Crippen LogP contribution in [0.4, 0.5) is 0 Å². The van der Waals surface area contributed by atoms with E-state index in [0.717, 1.165) is 38.8 Å². The van der Waals surface area contributed by atoms with E-state index >= 15 is 0 Å². The molecule has 0 spiro atoms. The first-order chi connectivity index (χ1) is 10.2. The van der Waals surface area contributed by atoms with E-state index in [4.69, 9.17) is 0 Å². The maximum Gasteiger partial charge on any atom is 0.0343 e. The van der Waals surface area contributed by atoms with Crippen LogP contribution in [0, 0.1) is 5.41 Å². The highest BCUT2D eigenvalue weighted by atomic mass is 15.2. The molecule has 1 nitrogen and oxygen atoms in total. The van der Waals surface area contributed by atoms with Gasteiger partial charge in [-0.25, -0.2) is 0 Å². The third kappa shape index (κ3) is 3.29. The molecule has 0 atom stereocenters. The Kier molecular flexibility index (Phi) is 6.91. The van der Waals surface area contributed by atoms with E-state index in [-0.39, 0.29) is 11.0 Å². The quantitative estimate of drug-likeness (QED) is 0.492. The predicted molar refractivity (Wildman–Crippen MR) is 95.4 cm³/mol. The Hall–Kier alpha value is -1.34. The Labute approximate surface area is 131 Å². The lowest BCUT2D eigenvalue weighted by molar-refractivity contribution is -0.0650. The Bertz CT molecular complexity index is 371. The molecular formula is C20H31N. The third-order valence-corrected chi connectivity index (χ3v) is 5.06. The number of piperidine rings is 1. The summed E-state index contributed by atoms with van der Waals surface area (Å²) in [5, 5.41) is 0. The predicted octanol–water partition coefficient (Wildman–Crippen LogP) is 5.30. The molecule has 0 saturated carbocycles. The lowest BCUT2D eigenvalue weighted by Crippen LogP contribution is -2.62. The van der Waals surface area contributed by atoms with Gasteiger partial charge >= 0.3 is 0 Å². The molecule has 1 saturated heterocycles. The van der Waals surface area contributed by atoms with Crippen molar-refractivity contribution in [1.82, 2.24) is 4.90 Å². The van der Waals surface area contributed by atoms with Gasteiger partial charge in [-0.05, 0) is 50.5 Å². The van der Waals surface area contributed by atoms with Crippen molar-refractivity contribution in [3.8, 4) is 0 Å². The van der Waals surface area contributed by atoms with E-state index in [9.17, 15) is 0 Å². The van der Waals surface area contributed by atoms with Gasteiger partial charge in [-0.1, -0.05) is 30.4 Å². The fraction of sp³-hybridized carbons (Fsp3) is 0.500. The molecule has 0 aromatic rings. The number of nitrogens with zero attached hydrogens (tertiary/aromatic N) is 1. The molecule has 0 aliphatic carbocycles. The van der Waals surface area contributed by atoms with Crippen LogP contribution in [0.15, 0.2) is 63.3 Å². The van der Waals surface area contributed by atoms with E-state index in [0.29, 0.717) is 0 Å².